The molecule has 0 aliphatic carbocycles. The van der Waals surface area contributed by atoms with Gasteiger partial charge in [0.25, 0.3) is 0 Å². The second kappa shape index (κ2) is 8.05. The van der Waals surface area contributed by atoms with Crippen LogP contribution in [0, 0.1) is 17.1 Å². The number of nitrogens with zero attached hydrogens (tertiary/aromatic N) is 2. The Hall–Kier alpha value is -1.81. The Morgan fingerprint density at radius 3 is 2.85 bits per heavy atom. The fourth-order valence-electron chi connectivity index (χ4n) is 3.28. The van der Waals surface area contributed by atoms with Gasteiger partial charge >= 0.3 is 0 Å². The highest BCUT2D eigenvalue weighted by Crippen LogP contribution is 2.37. The van der Waals surface area contributed by atoms with Gasteiger partial charge in [-0.1, -0.05) is 23.2 Å². The van der Waals surface area contributed by atoms with E-state index in [1.54, 1.807) is 11.0 Å². The second-order valence-electron chi connectivity index (χ2n) is 6.25. The molecule has 1 atom stereocenters. The van der Waals surface area contributed by atoms with E-state index >= 15 is 0 Å². The number of rotatable bonds is 3. The monoisotopic (exact) mass is 469 g/mol. The first-order chi connectivity index (χ1) is 12.8. The summed E-state index contributed by atoms with van der Waals surface area (Å²) in [5, 5.41) is 12.9. The Kier molecular flexibility index (Phi) is 5.95. The number of benzene rings is 2. The first kappa shape index (κ1) is 19.9. The summed E-state index contributed by atoms with van der Waals surface area (Å²) in [5.74, 6) is -0.753. The lowest BCUT2D eigenvalue weighted by Crippen LogP contribution is -2.42. The molecule has 2 aromatic rings. The molecule has 4 nitrogen and oxygen atoms in total. The Labute approximate surface area is 175 Å². The van der Waals surface area contributed by atoms with Gasteiger partial charge in [0.05, 0.1) is 23.8 Å². The standard InChI is InChI=1S/C19H15BrCl2FN3O/c1-10-19-11(4-13(21)6-15(19)22)2-3-26(10)18(27)9-25-17-7-14(20)12(8-24)5-16(17)23/h4-7,10,25H,2-3,9H2,1H3/t10-/m0/s1. The lowest BCUT2D eigenvalue weighted by atomic mass is 9.93. The van der Waals surface area contributed by atoms with Crippen molar-refractivity contribution in [3.63, 3.8) is 0 Å². The molecule has 140 valence electrons. The second-order valence-corrected chi connectivity index (χ2v) is 7.95. The third-order valence-electron chi connectivity index (χ3n) is 4.61. The van der Waals surface area contributed by atoms with Crippen molar-refractivity contribution in [3.8, 4) is 6.07 Å². The summed E-state index contributed by atoms with van der Waals surface area (Å²) >= 11 is 15.6. The minimum Gasteiger partial charge on any atom is -0.374 e. The van der Waals surface area contributed by atoms with Crippen molar-refractivity contribution in [2.75, 3.05) is 18.4 Å². The molecule has 0 radical (unpaired) electrons. The minimum absolute atomic E-state index is 0.0693. The lowest BCUT2D eigenvalue weighted by Gasteiger charge is -2.36. The van der Waals surface area contributed by atoms with Gasteiger partial charge in [-0.3, -0.25) is 4.79 Å². The predicted octanol–water partition coefficient (Wildman–Crippen LogP) is 5.32. The molecule has 8 heteroatoms. The average molecular weight is 471 g/mol. The molecule has 0 saturated heterocycles. The van der Waals surface area contributed by atoms with E-state index in [1.165, 1.54) is 6.07 Å². The predicted molar refractivity (Wildman–Crippen MR) is 108 cm³/mol. The number of carbonyl (C=O) groups excluding carboxylic acids is 1. The zero-order valence-electron chi connectivity index (χ0n) is 14.3. The Morgan fingerprint density at radius 2 is 2.15 bits per heavy atom. The molecule has 1 amide bonds. The molecule has 1 aliphatic heterocycles. The molecule has 0 unspecified atom stereocenters. The molecule has 3 rings (SSSR count). The van der Waals surface area contributed by atoms with E-state index in [0.29, 0.717) is 27.5 Å². The molecule has 1 heterocycles. The Balaban J connectivity index is 1.74. The quantitative estimate of drug-likeness (QED) is 0.659. The van der Waals surface area contributed by atoms with Crippen LogP contribution in [0.1, 0.15) is 29.7 Å². The van der Waals surface area contributed by atoms with Crippen LogP contribution in [0.2, 0.25) is 10.0 Å². The number of hydrogen-bond donors (Lipinski definition) is 1. The van der Waals surface area contributed by atoms with Crippen LogP contribution in [-0.2, 0) is 11.2 Å². The van der Waals surface area contributed by atoms with Gasteiger partial charge in [-0.05, 0) is 64.7 Å². The van der Waals surface area contributed by atoms with Gasteiger partial charge in [0.2, 0.25) is 5.91 Å². The normalized spacial score (nSPS) is 15.9. The van der Waals surface area contributed by atoms with Crippen LogP contribution in [0.3, 0.4) is 0 Å². The number of nitrogens with one attached hydrogen (secondary N) is 1. The highest BCUT2D eigenvalue weighted by atomic mass is 79.9. The van der Waals surface area contributed by atoms with Crippen molar-refractivity contribution in [1.29, 1.82) is 5.26 Å². The molecule has 0 saturated carbocycles. The number of hydrogen-bond acceptors (Lipinski definition) is 3. The van der Waals surface area contributed by atoms with Gasteiger partial charge in [0, 0.05) is 21.1 Å². The summed E-state index contributed by atoms with van der Waals surface area (Å²) in [6.45, 7) is 2.37. The summed E-state index contributed by atoms with van der Waals surface area (Å²) in [5.41, 5.74) is 2.29. The number of halogens is 4. The summed E-state index contributed by atoms with van der Waals surface area (Å²) in [7, 11) is 0. The van der Waals surface area contributed by atoms with Crippen molar-refractivity contribution in [2.45, 2.75) is 19.4 Å². The van der Waals surface area contributed by atoms with Crippen LogP contribution >= 0.6 is 39.1 Å². The van der Waals surface area contributed by atoms with Crippen LogP contribution in [0.15, 0.2) is 28.7 Å². The largest absolute Gasteiger partial charge is 0.374 e. The van der Waals surface area contributed by atoms with Crippen molar-refractivity contribution in [1.82, 2.24) is 4.90 Å². The molecule has 27 heavy (non-hydrogen) atoms. The van der Waals surface area contributed by atoms with Crippen molar-refractivity contribution in [3.05, 3.63) is 61.3 Å². The van der Waals surface area contributed by atoms with Crippen molar-refractivity contribution in [2.24, 2.45) is 0 Å². The average Bonchev–Trinajstić information content (AvgIpc) is 2.61. The maximum atomic E-state index is 14.1. The number of carbonyl (C=O) groups is 1. The molecule has 0 bridgehead atoms. The molecule has 0 fully saturated rings. The summed E-state index contributed by atoms with van der Waals surface area (Å²) in [4.78, 5) is 14.4. The fraction of sp³-hybridized carbons (Fsp3) is 0.263. The first-order valence-electron chi connectivity index (χ1n) is 8.22. The third kappa shape index (κ3) is 4.06. The van der Waals surface area contributed by atoms with E-state index < -0.39 is 5.82 Å². The molecular weight excluding hydrogens is 456 g/mol. The third-order valence-corrected chi connectivity index (χ3v) is 5.80. The van der Waals surface area contributed by atoms with Crippen molar-refractivity contribution >= 4 is 50.7 Å². The SMILES string of the molecule is C[C@H]1c2c(Cl)cc(Cl)cc2CCN1C(=O)CNc1cc(Br)c(C#N)cc1F. The van der Waals surface area contributed by atoms with E-state index in [1.807, 2.05) is 19.1 Å². The lowest BCUT2D eigenvalue weighted by molar-refractivity contribution is -0.131. The van der Waals surface area contributed by atoms with E-state index in [2.05, 4.69) is 21.2 Å². The maximum absolute atomic E-state index is 14.1. The maximum Gasteiger partial charge on any atom is 0.242 e. The van der Waals surface area contributed by atoms with Crippen LogP contribution in [0.5, 0.6) is 0 Å². The zero-order chi connectivity index (χ0) is 19.7. The summed E-state index contributed by atoms with van der Waals surface area (Å²) in [6, 6.07) is 7.82. The molecule has 1 N–H and O–H groups in total. The highest BCUT2D eigenvalue weighted by molar-refractivity contribution is 9.10. The molecule has 2 aromatic carbocycles. The van der Waals surface area contributed by atoms with Crippen LogP contribution in [-0.4, -0.2) is 23.9 Å². The zero-order valence-corrected chi connectivity index (χ0v) is 17.4. The Bertz CT molecular complexity index is 961. The number of nitriles is 1. The summed E-state index contributed by atoms with van der Waals surface area (Å²) in [6.07, 6.45) is 0.655. The smallest absolute Gasteiger partial charge is 0.242 e. The van der Waals surface area contributed by atoms with E-state index in [-0.39, 0.29) is 29.7 Å². The van der Waals surface area contributed by atoms with Crippen LogP contribution < -0.4 is 5.32 Å². The number of amides is 1. The molecular formula is C19H15BrCl2FN3O. The van der Waals surface area contributed by atoms with Gasteiger partial charge < -0.3 is 10.2 Å². The van der Waals surface area contributed by atoms with Gasteiger partial charge in [-0.25, -0.2) is 4.39 Å². The Morgan fingerprint density at radius 1 is 1.41 bits per heavy atom. The van der Waals surface area contributed by atoms with E-state index in [9.17, 15) is 9.18 Å². The van der Waals surface area contributed by atoms with Crippen molar-refractivity contribution < 1.29 is 9.18 Å². The summed E-state index contributed by atoms with van der Waals surface area (Å²) < 4.78 is 14.5. The van der Waals surface area contributed by atoms with E-state index in [4.69, 9.17) is 28.5 Å². The van der Waals surface area contributed by atoms with Gasteiger partial charge in [0.1, 0.15) is 11.9 Å². The first-order valence-corrected chi connectivity index (χ1v) is 9.77. The molecule has 0 aromatic heterocycles. The number of fused-ring (bicyclic) bond motifs is 1. The molecule has 0 spiro atoms. The highest BCUT2D eigenvalue weighted by Gasteiger charge is 2.29. The van der Waals surface area contributed by atoms with Gasteiger partial charge in [0.15, 0.2) is 0 Å². The van der Waals surface area contributed by atoms with Crippen LogP contribution in [0.4, 0.5) is 10.1 Å². The van der Waals surface area contributed by atoms with Crippen LogP contribution in [0.25, 0.3) is 0 Å². The van der Waals surface area contributed by atoms with Gasteiger partial charge in [-0.15, -0.1) is 0 Å². The topological polar surface area (TPSA) is 56.1 Å². The molecule has 1 aliphatic rings. The van der Waals surface area contributed by atoms with E-state index in [0.717, 1.165) is 17.2 Å². The fourth-order valence-corrected chi connectivity index (χ4v) is 4.41. The minimum atomic E-state index is -0.586. The van der Waals surface area contributed by atoms with Gasteiger partial charge in [-0.2, -0.15) is 5.26 Å². The number of anilines is 1.